The van der Waals surface area contributed by atoms with Crippen LogP contribution in [0.5, 0.6) is 0 Å². The van der Waals surface area contributed by atoms with E-state index in [0.717, 1.165) is 22.3 Å². The zero-order chi connectivity index (χ0) is 16.3. The van der Waals surface area contributed by atoms with Crippen LogP contribution in [0.15, 0.2) is 12.3 Å². The number of nitrogens with zero attached hydrogens (tertiary/aromatic N) is 3. The molecular formula is C16H24N4O2. The predicted molar refractivity (Wildman–Crippen MR) is 85.6 cm³/mol. The van der Waals surface area contributed by atoms with Crippen LogP contribution in [0.3, 0.4) is 0 Å². The topological polar surface area (TPSA) is 80.0 Å². The van der Waals surface area contributed by atoms with Crippen LogP contribution in [0.25, 0.3) is 11.0 Å². The standard InChI is InChI=1S/C16H24N4O2/c1-5-16(6-2,15(21)22)10-17-8-12-7-13-11(3)19-20(4)14(13)18-9-12/h7,9,17H,5-6,8,10H2,1-4H3,(H,21,22). The lowest BCUT2D eigenvalue weighted by atomic mass is 9.82. The first-order valence-corrected chi connectivity index (χ1v) is 7.66. The molecule has 0 aromatic carbocycles. The van der Waals surface area contributed by atoms with E-state index in [2.05, 4.69) is 21.5 Å². The van der Waals surface area contributed by atoms with Gasteiger partial charge >= 0.3 is 5.97 Å². The lowest BCUT2D eigenvalue weighted by molar-refractivity contribution is -0.149. The van der Waals surface area contributed by atoms with E-state index in [4.69, 9.17) is 0 Å². The third kappa shape index (κ3) is 2.97. The van der Waals surface area contributed by atoms with E-state index in [0.29, 0.717) is 25.9 Å². The number of carboxylic acids is 1. The molecule has 0 radical (unpaired) electrons. The van der Waals surface area contributed by atoms with Gasteiger partial charge in [-0.1, -0.05) is 13.8 Å². The van der Waals surface area contributed by atoms with Crippen molar-refractivity contribution in [2.24, 2.45) is 12.5 Å². The van der Waals surface area contributed by atoms with E-state index in [1.54, 1.807) is 4.68 Å². The van der Waals surface area contributed by atoms with E-state index >= 15 is 0 Å². The maximum atomic E-state index is 11.5. The summed E-state index contributed by atoms with van der Waals surface area (Å²) in [5, 5.41) is 18.1. The molecule has 2 heterocycles. The number of carbonyl (C=O) groups is 1. The Bertz CT molecular complexity index is 674. The molecule has 120 valence electrons. The molecule has 0 aliphatic heterocycles. The van der Waals surface area contributed by atoms with E-state index in [1.807, 2.05) is 34.0 Å². The Morgan fingerprint density at radius 1 is 1.41 bits per heavy atom. The number of aromatic nitrogens is 3. The van der Waals surface area contributed by atoms with Crippen LogP contribution in [-0.2, 0) is 18.4 Å². The molecule has 6 heteroatoms. The van der Waals surface area contributed by atoms with Crippen molar-refractivity contribution in [1.29, 1.82) is 0 Å². The monoisotopic (exact) mass is 304 g/mol. The van der Waals surface area contributed by atoms with Gasteiger partial charge in [0.15, 0.2) is 5.65 Å². The van der Waals surface area contributed by atoms with Crippen molar-refractivity contribution in [3.8, 4) is 0 Å². The maximum Gasteiger partial charge on any atom is 0.310 e. The second-order valence-corrected chi connectivity index (χ2v) is 5.82. The minimum atomic E-state index is -0.735. The molecule has 0 spiro atoms. The summed E-state index contributed by atoms with van der Waals surface area (Å²) < 4.78 is 1.77. The first-order chi connectivity index (χ1) is 10.4. The van der Waals surface area contributed by atoms with Gasteiger partial charge in [0.2, 0.25) is 0 Å². The molecule has 0 saturated heterocycles. The van der Waals surface area contributed by atoms with Gasteiger partial charge in [-0.25, -0.2) is 4.98 Å². The van der Waals surface area contributed by atoms with Crippen molar-refractivity contribution in [3.63, 3.8) is 0 Å². The van der Waals surface area contributed by atoms with E-state index in [-0.39, 0.29) is 0 Å². The fraction of sp³-hybridized carbons (Fsp3) is 0.562. The minimum Gasteiger partial charge on any atom is -0.481 e. The van der Waals surface area contributed by atoms with E-state index < -0.39 is 11.4 Å². The molecule has 2 aromatic heterocycles. The Morgan fingerprint density at radius 3 is 2.68 bits per heavy atom. The lowest BCUT2D eigenvalue weighted by Crippen LogP contribution is -2.40. The van der Waals surface area contributed by atoms with Gasteiger partial charge in [-0.05, 0) is 31.4 Å². The number of pyridine rings is 1. The highest BCUT2D eigenvalue weighted by atomic mass is 16.4. The number of aryl methyl sites for hydroxylation is 2. The molecule has 0 unspecified atom stereocenters. The minimum absolute atomic E-state index is 0.458. The van der Waals surface area contributed by atoms with E-state index in [1.165, 1.54) is 0 Å². The van der Waals surface area contributed by atoms with Crippen molar-refractivity contribution >= 4 is 17.0 Å². The Hall–Kier alpha value is -1.95. The van der Waals surface area contributed by atoms with Gasteiger partial charge in [0.05, 0.1) is 11.1 Å². The molecule has 2 N–H and O–H groups in total. The Labute approximate surface area is 130 Å². The normalized spacial score (nSPS) is 12.0. The molecular weight excluding hydrogens is 280 g/mol. The molecule has 0 aliphatic rings. The van der Waals surface area contributed by atoms with E-state index in [9.17, 15) is 9.90 Å². The predicted octanol–water partition coefficient (Wildman–Crippen LogP) is 2.26. The van der Waals surface area contributed by atoms with Gasteiger partial charge in [0, 0.05) is 31.7 Å². The summed E-state index contributed by atoms with van der Waals surface area (Å²) in [5.41, 5.74) is 2.16. The second-order valence-electron chi connectivity index (χ2n) is 5.82. The number of carboxylic acid groups (broad SMARTS) is 1. The Morgan fingerprint density at radius 2 is 2.09 bits per heavy atom. The number of rotatable bonds is 7. The summed E-state index contributed by atoms with van der Waals surface area (Å²) in [7, 11) is 1.88. The molecule has 2 rings (SSSR count). The number of hydrogen-bond acceptors (Lipinski definition) is 4. The third-order valence-electron chi connectivity index (χ3n) is 4.52. The summed E-state index contributed by atoms with van der Waals surface area (Å²) in [6.45, 7) is 6.87. The molecule has 2 aromatic rings. The highest BCUT2D eigenvalue weighted by molar-refractivity contribution is 5.78. The molecule has 0 bridgehead atoms. The van der Waals surface area contributed by atoms with Gasteiger partial charge < -0.3 is 10.4 Å². The van der Waals surface area contributed by atoms with Crippen molar-refractivity contribution < 1.29 is 9.90 Å². The highest BCUT2D eigenvalue weighted by Crippen LogP contribution is 2.26. The molecule has 22 heavy (non-hydrogen) atoms. The van der Waals surface area contributed by atoms with Crippen LogP contribution in [0, 0.1) is 12.3 Å². The molecule has 0 atom stereocenters. The van der Waals surface area contributed by atoms with Crippen molar-refractivity contribution in [2.45, 2.75) is 40.2 Å². The number of hydrogen-bond donors (Lipinski definition) is 2. The molecule has 0 fully saturated rings. The average molecular weight is 304 g/mol. The summed E-state index contributed by atoms with van der Waals surface area (Å²) in [6.07, 6.45) is 3.05. The van der Waals surface area contributed by atoms with Gasteiger partial charge in [-0.15, -0.1) is 0 Å². The zero-order valence-corrected chi connectivity index (χ0v) is 13.7. The van der Waals surface area contributed by atoms with Crippen LogP contribution in [0.4, 0.5) is 0 Å². The largest absolute Gasteiger partial charge is 0.481 e. The summed E-state index contributed by atoms with van der Waals surface area (Å²) in [5.74, 6) is -0.735. The van der Waals surface area contributed by atoms with Gasteiger partial charge in [-0.3, -0.25) is 9.48 Å². The molecule has 0 aliphatic carbocycles. The quantitative estimate of drug-likeness (QED) is 0.820. The van der Waals surface area contributed by atoms with Gasteiger partial charge in [-0.2, -0.15) is 5.10 Å². The van der Waals surface area contributed by atoms with Crippen LogP contribution in [-0.4, -0.2) is 32.4 Å². The molecule has 0 amide bonds. The van der Waals surface area contributed by atoms with Gasteiger partial charge in [0.1, 0.15) is 0 Å². The lowest BCUT2D eigenvalue weighted by Gasteiger charge is -2.27. The summed E-state index contributed by atoms with van der Waals surface area (Å²) in [6, 6.07) is 2.07. The van der Waals surface area contributed by atoms with Gasteiger partial charge in [0.25, 0.3) is 0 Å². The molecule has 0 saturated carbocycles. The van der Waals surface area contributed by atoms with Crippen LogP contribution in [0.2, 0.25) is 0 Å². The number of nitrogens with one attached hydrogen (secondary N) is 1. The number of aliphatic carboxylic acids is 1. The fourth-order valence-electron chi connectivity index (χ4n) is 2.77. The SMILES string of the molecule is CCC(CC)(CNCc1cnc2c(c1)c(C)nn2C)C(=O)O. The highest BCUT2D eigenvalue weighted by Gasteiger charge is 2.34. The third-order valence-corrected chi connectivity index (χ3v) is 4.52. The zero-order valence-electron chi connectivity index (χ0n) is 13.7. The average Bonchev–Trinajstić information content (AvgIpc) is 2.78. The van der Waals surface area contributed by atoms with Crippen LogP contribution < -0.4 is 5.32 Å². The summed E-state index contributed by atoms with van der Waals surface area (Å²) in [4.78, 5) is 15.9. The first-order valence-electron chi connectivity index (χ1n) is 7.66. The second kappa shape index (κ2) is 6.44. The fourth-order valence-corrected chi connectivity index (χ4v) is 2.77. The van der Waals surface area contributed by atoms with Crippen molar-refractivity contribution in [3.05, 3.63) is 23.5 Å². The maximum absolute atomic E-state index is 11.5. The van der Waals surface area contributed by atoms with Crippen molar-refractivity contribution in [2.75, 3.05) is 6.54 Å². The Balaban J connectivity index is 2.09. The van der Waals surface area contributed by atoms with Crippen LogP contribution >= 0.6 is 0 Å². The first kappa shape index (κ1) is 16.4. The smallest absolute Gasteiger partial charge is 0.310 e. The molecule has 6 nitrogen and oxygen atoms in total. The van der Waals surface area contributed by atoms with Crippen molar-refractivity contribution in [1.82, 2.24) is 20.1 Å². The summed E-state index contributed by atoms with van der Waals surface area (Å²) >= 11 is 0. The Kier molecular flexibility index (Phi) is 4.81. The van der Waals surface area contributed by atoms with Crippen LogP contribution in [0.1, 0.15) is 37.9 Å². The number of fused-ring (bicyclic) bond motifs is 1.